The van der Waals surface area contributed by atoms with E-state index in [0.29, 0.717) is 11.7 Å². The van der Waals surface area contributed by atoms with Crippen LogP contribution in [0.15, 0.2) is 29.6 Å². The highest BCUT2D eigenvalue weighted by atomic mass is 32.1. The molecule has 114 valence electrons. The van der Waals surface area contributed by atoms with Crippen molar-refractivity contribution in [2.75, 3.05) is 16.8 Å². The summed E-state index contributed by atoms with van der Waals surface area (Å²) in [5.41, 5.74) is 2.80. The zero-order valence-corrected chi connectivity index (χ0v) is 13.3. The molecule has 1 aliphatic heterocycles. The number of para-hydroxylation sites is 1. The minimum Gasteiger partial charge on any atom is -0.311 e. The minimum atomic E-state index is -0.337. The lowest BCUT2D eigenvalue weighted by Gasteiger charge is -2.18. The molecule has 1 atom stereocenters. The normalized spacial score (nSPS) is 17.8. The Morgan fingerprint density at radius 2 is 2.14 bits per heavy atom. The van der Waals surface area contributed by atoms with Crippen molar-refractivity contribution in [3.8, 4) is 0 Å². The van der Waals surface area contributed by atoms with Crippen molar-refractivity contribution in [3.05, 3.63) is 40.9 Å². The van der Waals surface area contributed by atoms with E-state index in [0.717, 1.165) is 16.9 Å². The lowest BCUT2D eigenvalue weighted by Crippen LogP contribution is -2.28. The van der Waals surface area contributed by atoms with Gasteiger partial charge in [0.15, 0.2) is 5.13 Å². The molecule has 1 aliphatic rings. The molecule has 0 spiro atoms. The van der Waals surface area contributed by atoms with Crippen LogP contribution in [0.5, 0.6) is 0 Å². The van der Waals surface area contributed by atoms with E-state index >= 15 is 0 Å². The molecule has 1 aromatic carbocycles. The Morgan fingerprint density at radius 3 is 2.82 bits per heavy atom. The number of carbonyl (C=O) groups excluding carboxylic acids is 2. The number of nitrogens with zero attached hydrogens (tertiary/aromatic N) is 2. The number of carbonyl (C=O) groups is 2. The molecule has 0 saturated carbocycles. The Bertz CT molecular complexity index is 726. The number of rotatable bonds is 3. The number of hydrogen-bond donors (Lipinski definition) is 1. The van der Waals surface area contributed by atoms with Crippen LogP contribution in [0.3, 0.4) is 0 Å². The van der Waals surface area contributed by atoms with E-state index in [1.54, 1.807) is 4.90 Å². The molecule has 0 radical (unpaired) electrons. The average molecular weight is 315 g/mol. The maximum Gasteiger partial charge on any atom is 0.231 e. The van der Waals surface area contributed by atoms with Crippen molar-refractivity contribution in [3.63, 3.8) is 0 Å². The third kappa shape index (κ3) is 2.87. The predicted octanol–water partition coefficient (Wildman–Crippen LogP) is 2.75. The zero-order chi connectivity index (χ0) is 15.7. The first kappa shape index (κ1) is 14.7. The van der Waals surface area contributed by atoms with Gasteiger partial charge >= 0.3 is 0 Å². The number of hydrogen-bond acceptors (Lipinski definition) is 4. The summed E-state index contributed by atoms with van der Waals surface area (Å²) in [6.45, 7) is 4.26. The summed E-state index contributed by atoms with van der Waals surface area (Å²) in [6, 6.07) is 7.72. The molecule has 22 heavy (non-hydrogen) atoms. The van der Waals surface area contributed by atoms with Crippen molar-refractivity contribution >= 4 is 34.0 Å². The first-order chi connectivity index (χ1) is 10.5. The van der Waals surface area contributed by atoms with Crippen molar-refractivity contribution in [2.45, 2.75) is 20.3 Å². The van der Waals surface area contributed by atoms with Gasteiger partial charge in [-0.05, 0) is 25.5 Å². The molecule has 6 heteroatoms. The molecule has 2 aromatic rings. The number of amides is 2. The SMILES string of the molecule is Cc1csc(NC(=O)[C@@H]2CC(=O)N(c3ccccc3C)C2)n1. The molecular formula is C16H17N3O2S. The third-order valence-corrected chi connectivity index (χ3v) is 4.63. The maximum atomic E-state index is 12.3. The Labute approximate surface area is 133 Å². The van der Waals surface area contributed by atoms with Crippen LogP contribution in [0, 0.1) is 19.8 Å². The van der Waals surface area contributed by atoms with E-state index in [9.17, 15) is 9.59 Å². The fourth-order valence-corrected chi connectivity index (χ4v) is 3.29. The molecule has 2 amide bonds. The van der Waals surface area contributed by atoms with Gasteiger partial charge in [0.05, 0.1) is 11.6 Å². The molecule has 1 fully saturated rings. The van der Waals surface area contributed by atoms with Crippen molar-refractivity contribution in [1.29, 1.82) is 0 Å². The summed E-state index contributed by atoms with van der Waals surface area (Å²) in [5.74, 6) is -0.486. The quantitative estimate of drug-likeness (QED) is 0.947. The number of anilines is 2. The lowest BCUT2D eigenvalue weighted by atomic mass is 10.1. The standard InChI is InChI=1S/C16H17N3O2S/c1-10-5-3-4-6-13(10)19-8-12(7-14(19)20)15(21)18-16-17-11(2)9-22-16/h3-6,9,12H,7-8H2,1-2H3,(H,17,18,21)/t12-/m1/s1. The monoisotopic (exact) mass is 315 g/mol. The largest absolute Gasteiger partial charge is 0.311 e. The van der Waals surface area contributed by atoms with E-state index in [2.05, 4.69) is 10.3 Å². The second-order valence-corrected chi connectivity index (χ2v) is 6.33. The summed E-state index contributed by atoms with van der Waals surface area (Å²) in [6.07, 6.45) is 0.241. The van der Waals surface area contributed by atoms with Gasteiger partial charge in [-0.15, -0.1) is 11.3 Å². The molecule has 2 heterocycles. The van der Waals surface area contributed by atoms with Gasteiger partial charge in [-0.2, -0.15) is 0 Å². The van der Waals surface area contributed by atoms with Crippen molar-refractivity contribution in [2.24, 2.45) is 5.92 Å². The molecule has 3 rings (SSSR count). The van der Waals surface area contributed by atoms with Crippen LogP contribution in [-0.2, 0) is 9.59 Å². The molecule has 5 nitrogen and oxygen atoms in total. The van der Waals surface area contributed by atoms with Crippen LogP contribution in [0.2, 0.25) is 0 Å². The highest BCUT2D eigenvalue weighted by Gasteiger charge is 2.35. The van der Waals surface area contributed by atoms with Gasteiger partial charge < -0.3 is 10.2 Å². The summed E-state index contributed by atoms with van der Waals surface area (Å²) in [4.78, 5) is 30.5. The first-order valence-electron chi connectivity index (χ1n) is 7.13. The second kappa shape index (κ2) is 5.88. The summed E-state index contributed by atoms with van der Waals surface area (Å²) >= 11 is 1.40. The van der Waals surface area contributed by atoms with Gasteiger partial charge in [0, 0.05) is 24.0 Å². The van der Waals surface area contributed by atoms with Crippen LogP contribution in [0.4, 0.5) is 10.8 Å². The molecule has 1 N–H and O–H groups in total. The Kier molecular flexibility index (Phi) is 3.94. The van der Waals surface area contributed by atoms with Gasteiger partial charge in [-0.25, -0.2) is 4.98 Å². The fourth-order valence-electron chi connectivity index (χ4n) is 2.60. The number of benzene rings is 1. The lowest BCUT2D eigenvalue weighted by molar-refractivity contribution is -0.122. The third-order valence-electron chi connectivity index (χ3n) is 3.75. The smallest absolute Gasteiger partial charge is 0.231 e. The molecule has 0 bridgehead atoms. The molecule has 0 aliphatic carbocycles. The molecular weight excluding hydrogens is 298 g/mol. The van der Waals surface area contributed by atoms with Crippen LogP contribution < -0.4 is 10.2 Å². The topological polar surface area (TPSA) is 62.3 Å². The second-order valence-electron chi connectivity index (χ2n) is 5.48. The van der Waals surface area contributed by atoms with Gasteiger partial charge in [0.25, 0.3) is 0 Å². The van der Waals surface area contributed by atoms with Crippen LogP contribution >= 0.6 is 11.3 Å². The Morgan fingerprint density at radius 1 is 1.36 bits per heavy atom. The van der Waals surface area contributed by atoms with E-state index in [1.165, 1.54) is 11.3 Å². The molecule has 1 saturated heterocycles. The number of nitrogens with one attached hydrogen (secondary N) is 1. The Balaban J connectivity index is 1.71. The molecule has 1 aromatic heterocycles. The number of thiazole rings is 1. The van der Waals surface area contributed by atoms with Crippen molar-refractivity contribution in [1.82, 2.24) is 4.98 Å². The zero-order valence-electron chi connectivity index (χ0n) is 12.5. The van der Waals surface area contributed by atoms with E-state index in [4.69, 9.17) is 0 Å². The van der Waals surface area contributed by atoms with Crippen LogP contribution in [0.1, 0.15) is 17.7 Å². The summed E-state index contributed by atoms with van der Waals surface area (Å²) < 4.78 is 0. The fraction of sp³-hybridized carbons (Fsp3) is 0.312. The highest BCUT2D eigenvalue weighted by Crippen LogP contribution is 2.28. The van der Waals surface area contributed by atoms with Crippen molar-refractivity contribution < 1.29 is 9.59 Å². The predicted molar refractivity (Wildman–Crippen MR) is 87.1 cm³/mol. The maximum absolute atomic E-state index is 12.3. The van der Waals surface area contributed by atoms with Gasteiger partial charge in [0.1, 0.15) is 0 Å². The number of aromatic nitrogens is 1. The number of aryl methyl sites for hydroxylation is 2. The summed E-state index contributed by atoms with van der Waals surface area (Å²) in [5, 5.41) is 5.27. The highest BCUT2D eigenvalue weighted by molar-refractivity contribution is 7.13. The van der Waals surface area contributed by atoms with E-state index in [-0.39, 0.29) is 24.2 Å². The van der Waals surface area contributed by atoms with Gasteiger partial charge in [-0.3, -0.25) is 9.59 Å². The summed E-state index contributed by atoms with van der Waals surface area (Å²) in [7, 11) is 0. The van der Waals surface area contributed by atoms with Gasteiger partial charge in [0.2, 0.25) is 11.8 Å². The van der Waals surface area contributed by atoms with E-state index < -0.39 is 0 Å². The Hall–Kier alpha value is -2.21. The minimum absolute atomic E-state index is 0.00947. The van der Waals surface area contributed by atoms with Gasteiger partial charge in [-0.1, -0.05) is 18.2 Å². The molecule has 0 unspecified atom stereocenters. The average Bonchev–Trinajstić information content (AvgIpc) is 3.06. The van der Waals surface area contributed by atoms with Crippen LogP contribution in [-0.4, -0.2) is 23.3 Å². The van der Waals surface area contributed by atoms with E-state index in [1.807, 2.05) is 43.5 Å². The van der Waals surface area contributed by atoms with Crippen LogP contribution in [0.25, 0.3) is 0 Å². The first-order valence-corrected chi connectivity index (χ1v) is 8.01.